The standard InChI is InChI=1S/C30H25N3O8S2/c1-43-25-24(42)31-30(37)33(32-25)26-23(41-29(36)20-15-9-4-10-16-20)22(40-28(35)19-13-7-3-8-14-19)21(39-26)17-38-27(34)18-11-5-2-6-12-18/h2-16,21-23,26H,17H2,1H3,(H,31,37,42)/t21-,22+,23+,26+/m0/s1. The summed E-state index contributed by atoms with van der Waals surface area (Å²) in [6.45, 7) is -0.399. The fourth-order valence-corrected chi connectivity index (χ4v) is 5.14. The molecule has 220 valence electrons. The molecule has 1 aromatic heterocycles. The van der Waals surface area contributed by atoms with Gasteiger partial charge < -0.3 is 18.9 Å². The highest BCUT2D eigenvalue weighted by Gasteiger charge is 2.52. The van der Waals surface area contributed by atoms with Crippen LogP contribution in [0.5, 0.6) is 0 Å². The molecule has 1 fully saturated rings. The molecule has 1 aliphatic rings. The van der Waals surface area contributed by atoms with Crippen molar-refractivity contribution in [2.24, 2.45) is 0 Å². The van der Waals surface area contributed by atoms with E-state index in [2.05, 4.69) is 10.1 Å². The summed E-state index contributed by atoms with van der Waals surface area (Å²) in [5, 5.41) is 4.63. The Bertz CT molecular complexity index is 1710. The molecule has 13 heteroatoms. The fraction of sp³-hybridized carbons (Fsp3) is 0.200. The highest BCUT2D eigenvalue weighted by molar-refractivity contribution is 7.98. The van der Waals surface area contributed by atoms with E-state index >= 15 is 0 Å². The first-order valence-corrected chi connectivity index (χ1v) is 14.7. The Morgan fingerprint density at radius 1 is 0.837 bits per heavy atom. The van der Waals surface area contributed by atoms with Crippen LogP contribution in [0.15, 0.2) is 101 Å². The highest BCUT2D eigenvalue weighted by Crippen LogP contribution is 2.34. The Labute approximate surface area is 254 Å². The normalized spacial score (nSPS) is 19.4. The van der Waals surface area contributed by atoms with Crippen molar-refractivity contribution >= 4 is 41.9 Å². The van der Waals surface area contributed by atoms with Crippen LogP contribution in [-0.2, 0) is 18.9 Å². The molecule has 3 aromatic carbocycles. The summed E-state index contributed by atoms with van der Waals surface area (Å²) in [6.07, 6.45) is -3.52. The van der Waals surface area contributed by atoms with Crippen molar-refractivity contribution in [2.75, 3.05) is 12.9 Å². The molecule has 0 spiro atoms. The number of nitrogens with zero attached hydrogens (tertiary/aromatic N) is 2. The van der Waals surface area contributed by atoms with E-state index < -0.39 is 54.7 Å². The number of ether oxygens (including phenoxy) is 4. The first kappa shape index (κ1) is 29.9. The molecule has 0 amide bonds. The van der Waals surface area contributed by atoms with Gasteiger partial charge in [0, 0.05) is 0 Å². The number of aromatic amines is 1. The van der Waals surface area contributed by atoms with Gasteiger partial charge in [0.25, 0.3) is 0 Å². The van der Waals surface area contributed by atoms with Crippen molar-refractivity contribution in [3.8, 4) is 0 Å². The van der Waals surface area contributed by atoms with Crippen molar-refractivity contribution in [1.29, 1.82) is 0 Å². The number of aromatic nitrogens is 3. The number of H-pyrrole nitrogens is 1. The van der Waals surface area contributed by atoms with Gasteiger partial charge in [0.1, 0.15) is 17.4 Å². The highest BCUT2D eigenvalue weighted by atomic mass is 32.2. The molecule has 2 heterocycles. The summed E-state index contributed by atoms with van der Waals surface area (Å²) in [5.74, 6) is -2.15. The molecule has 0 aliphatic carbocycles. The first-order valence-electron chi connectivity index (χ1n) is 13.0. The maximum Gasteiger partial charge on any atom is 0.345 e. The van der Waals surface area contributed by atoms with Gasteiger partial charge in [0.2, 0.25) is 0 Å². The van der Waals surface area contributed by atoms with Crippen molar-refractivity contribution in [3.63, 3.8) is 0 Å². The van der Waals surface area contributed by atoms with E-state index in [0.29, 0.717) is 10.6 Å². The van der Waals surface area contributed by atoms with Crippen LogP contribution in [0.25, 0.3) is 0 Å². The number of carbonyl (C=O) groups is 3. The number of hydrogen-bond acceptors (Lipinski definition) is 11. The van der Waals surface area contributed by atoms with E-state index in [9.17, 15) is 19.2 Å². The second kappa shape index (κ2) is 13.6. The number of hydrogen-bond donors (Lipinski definition) is 1. The van der Waals surface area contributed by atoms with Gasteiger partial charge >= 0.3 is 23.6 Å². The molecule has 0 saturated carbocycles. The summed E-state index contributed by atoms with van der Waals surface area (Å²) in [4.78, 5) is 54.8. The molecule has 1 saturated heterocycles. The predicted octanol–water partition coefficient (Wildman–Crippen LogP) is 4.23. The molecular formula is C30H25N3O8S2. The molecule has 0 bridgehead atoms. The largest absolute Gasteiger partial charge is 0.459 e. The number of esters is 3. The van der Waals surface area contributed by atoms with Gasteiger partial charge in [-0.25, -0.2) is 19.2 Å². The minimum absolute atomic E-state index is 0.116. The van der Waals surface area contributed by atoms with Crippen molar-refractivity contribution < 1.29 is 33.3 Å². The smallest absolute Gasteiger partial charge is 0.345 e. The molecule has 11 nitrogen and oxygen atoms in total. The Morgan fingerprint density at radius 3 is 1.84 bits per heavy atom. The number of carbonyl (C=O) groups excluding carboxylic acids is 3. The van der Waals surface area contributed by atoms with Crippen molar-refractivity contribution in [2.45, 2.75) is 29.6 Å². The van der Waals surface area contributed by atoms with Crippen molar-refractivity contribution in [3.05, 3.63) is 123 Å². The third-order valence-corrected chi connectivity index (χ3v) is 7.53. The average Bonchev–Trinajstić information content (AvgIpc) is 3.36. The van der Waals surface area contributed by atoms with E-state index in [1.807, 2.05) is 0 Å². The van der Waals surface area contributed by atoms with Gasteiger partial charge in [-0.05, 0) is 42.7 Å². The van der Waals surface area contributed by atoms with Crippen LogP contribution in [0.4, 0.5) is 0 Å². The van der Waals surface area contributed by atoms with Crippen LogP contribution in [0, 0.1) is 4.64 Å². The second-order valence-electron chi connectivity index (χ2n) is 9.21. The average molecular weight is 620 g/mol. The third-order valence-electron chi connectivity index (χ3n) is 6.43. The lowest BCUT2D eigenvalue weighted by atomic mass is 10.1. The van der Waals surface area contributed by atoms with Crippen LogP contribution in [-0.4, -0.2) is 63.8 Å². The molecule has 4 atom stereocenters. The second-order valence-corrected chi connectivity index (χ2v) is 10.4. The van der Waals surface area contributed by atoms with Gasteiger partial charge in [0.15, 0.2) is 23.5 Å². The van der Waals surface area contributed by atoms with Crippen molar-refractivity contribution in [1.82, 2.24) is 14.8 Å². The number of thioether (sulfide) groups is 1. The Hall–Kier alpha value is -4.59. The number of rotatable bonds is 9. The molecule has 43 heavy (non-hydrogen) atoms. The predicted molar refractivity (Wildman–Crippen MR) is 157 cm³/mol. The minimum Gasteiger partial charge on any atom is -0.459 e. The topological polar surface area (TPSA) is 139 Å². The van der Waals surface area contributed by atoms with Crippen LogP contribution < -0.4 is 5.69 Å². The summed E-state index contributed by atoms with van der Waals surface area (Å²) >= 11 is 6.39. The van der Waals surface area contributed by atoms with E-state index in [0.717, 1.165) is 4.68 Å². The quantitative estimate of drug-likeness (QED) is 0.125. The first-order chi connectivity index (χ1) is 20.9. The number of benzene rings is 3. The summed E-state index contributed by atoms with van der Waals surface area (Å²) in [6, 6.07) is 24.6. The maximum absolute atomic E-state index is 13.3. The molecule has 5 rings (SSSR count). The van der Waals surface area contributed by atoms with Crippen LogP contribution >= 0.6 is 24.0 Å². The molecule has 4 aromatic rings. The fourth-order valence-electron chi connectivity index (χ4n) is 4.36. The zero-order chi connectivity index (χ0) is 30.3. The lowest BCUT2D eigenvalue weighted by Crippen LogP contribution is -2.43. The van der Waals surface area contributed by atoms with Crippen LogP contribution in [0.3, 0.4) is 0 Å². The maximum atomic E-state index is 13.3. The third kappa shape index (κ3) is 6.91. The van der Waals surface area contributed by atoms with E-state index in [1.54, 1.807) is 97.3 Å². The van der Waals surface area contributed by atoms with Gasteiger partial charge in [-0.2, -0.15) is 9.78 Å². The molecule has 1 N–H and O–H groups in total. The zero-order valence-corrected chi connectivity index (χ0v) is 24.3. The Balaban J connectivity index is 1.53. The van der Waals surface area contributed by atoms with Gasteiger partial charge in [0.05, 0.1) is 16.7 Å². The van der Waals surface area contributed by atoms with E-state index in [-0.39, 0.29) is 15.8 Å². The summed E-state index contributed by atoms with van der Waals surface area (Å²) < 4.78 is 24.4. The van der Waals surface area contributed by atoms with Crippen LogP contribution in [0.1, 0.15) is 37.3 Å². The zero-order valence-electron chi connectivity index (χ0n) is 22.7. The summed E-state index contributed by atoms with van der Waals surface area (Å²) in [5.41, 5.74) is -0.0162. The molecule has 0 unspecified atom stereocenters. The lowest BCUT2D eigenvalue weighted by Gasteiger charge is -2.24. The van der Waals surface area contributed by atoms with Gasteiger partial charge in [-0.15, -0.1) is 11.8 Å². The SMILES string of the molecule is CSc1nn([C@@H]2O[C@@H](COC(=O)c3ccccc3)[C@@H](OC(=O)c3ccccc3)[C@H]2OC(=O)c2ccccc2)c(=O)[nH]c1=S. The molecule has 1 aliphatic heterocycles. The van der Waals surface area contributed by atoms with E-state index in [4.69, 9.17) is 31.2 Å². The monoisotopic (exact) mass is 619 g/mol. The Kier molecular flexibility index (Phi) is 9.45. The van der Waals surface area contributed by atoms with Gasteiger partial charge in [-0.1, -0.05) is 66.8 Å². The molecular weight excluding hydrogens is 594 g/mol. The lowest BCUT2D eigenvalue weighted by molar-refractivity contribution is -0.0706. The minimum atomic E-state index is -1.38. The van der Waals surface area contributed by atoms with Crippen LogP contribution in [0.2, 0.25) is 0 Å². The number of nitrogens with one attached hydrogen (secondary N) is 1. The molecule has 0 radical (unpaired) electrons. The van der Waals surface area contributed by atoms with E-state index in [1.165, 1.54) is 11.8 Å². The van der Waals surface area contributed by atoms with Gasteiger partial charge in [-0.3, -0.25) is 4.98 Å². The Morgan fingerprint density at radius 2 is 1.33 bits per heavy atom. The summed E-state index contributed by atoms with van der Waals surface area (Å²) in [7, 11) is 0.